The Balaban J connectivity index is 2.39. The van der Waals surface area contributed by atoms with E-state index in [9.17, 15) is 14.7 Å². The van der Waals surface area contributed by atoms with Gasteiger partial charge < -0.3 is 9.84 Å². The Bertz CT molecular complexity index is 687. The van der Waals surface area contributed by atoms with Crippen LogP contribution in [-0.4, -0.2) is 29.7 Å². The second-order valence-corrected chi connectivity index (χ2v) is 6.73. The number of para-hydroxylation sites is 1. The molecule has 1 N–H and O–H groups in total. The quantitative estimate of drug-likeness (QED) is 0.516. The van der Waals surface area contributed by atoms with Gasteiger partial charge in [-0.3, -0.25) is 14.6 Å². The Morgan fingerprint density at radius 3 is 2.50 bits per heavy atom. The number of Topliss-reactive ketones (excluding diaryl/α,β-unsaturated/α-hetero) is 1. The van der Waals surface area contributed by atoms with E-state index in [-0.39, 0.29) is 35.4 Å². The summed E-state index contributed by atoms with van der Waals surface area (Å²) in [6.07, 6.45) is 1.03. The zero-order valence-electron chi connectivity index (χ0n) is 14.3. The monoisotopic (exact) mass is 329 g/mol. The number of methoxy groups -OCH3 is 1. The molecule has 0 unspecified atom stereocenters. The van der Waals surface area contributed by atoms with Crippen LogP contribution in [0.15, 0.2) is 46.7 Å². The average Bonchev–Trinajstić information content (AvgIpc) is 2.51. The van der Waals surface area contributed by atoms with Crippen molar-refractivity contribution in [1.29, 1.82) is 0 Å². The fourth-order valence-corrected chi connectivity index (χ4v) is 2.82. The molecule has 2 rings (SSSR count). The Morgan fingerprint density at radius 2 is 1.88 bits per heavy atom. The summed E-state index contributed by atoms with van der Waals surface area (Å²) < 4.78 is 4.58. The molecular formula is C19H23NO4. The van der Waals surface area contributed by atoms with Crippen molar-refractivity contribution < 1.29 is 19.4 Å². The molecule has 0 atom stereocenters. The largest absolute Gasteiger partial charge is 0.511 e. The maximum absolute atomic E-state index is 12.6. The van der Waals surface area contributed by atoms with Crippen molar-refractivity contribution in [2.75, 3.05) is 7.11 Å². The fourth-order valence-electron chi connectivity index (χ4n) is 2.82. The van der Waals surface area contributed by atoms with E-state index < -0.39 is 5.97 Å². The summed E-state index contributed by atoms with van der Waals surface area (Å²) in [5, 5.41) is 10.4. The van der Waals surface area contributed by atoms with Gasteiger partial charge in [-0.05, 0) is 24.0 Å². The van der Waals surface area contributed by atoms with Crippen LogP contribution in [0.25, 0.3) is 0 Å². The minimum atomic E-state index is -0.424. The number of rotatable bonds is 4. The first-order chi connectivity index (χ1) is 11.3. The lowest BCUT2D eigenvalue weighted by molar-refractivity contribution is -0.140. The zero-order valence-corrected chi connectivity index (χ0v) is 14.3. The normalized spacial score (nSPS) is 20.8. The van der Waals surface area contributed by atoms with E-state index in [0.29, 0.717) is 18.6 Å². The zero-order chi connectivity index (χ0) is 17.7. The number of aliphatic hydroxyl groups is 1. The average molecular weight is 329 g/mol. The van der Waals surface area contributed by atoms with Crippen molar-refractivity contribution in [3.63, 3.8) is 0 Å². The number of benzene rings is 1. The van der Waals surface area contributed by atoms with Crippen LogP contribution in [0, 0.1) is 5.41 Å². The topological polar surface area (TPSA) is 76.0 Å². The van der Waals surface area contributed by atoms with Gasteiger partial charge in [0.25, 0.3) is 0 Å². The van der Waals surface area contributed by atoms with Crippen LogP contribution in [-0.2, 0) is 14.3 Å². The molecule has 0 heterocycles. The number of aliphatic imine (C=N–C) groups is 1. The smallest absolute Gasteiger partial charge is 0.305 e. The highest BCUT2D eigenvalue weighted by Gasteiger charge is 2.36. The molecule has 0 aromatic heterocycles. The molecule has 1 aromatic carbocycles. The van der Waals surface area contributed by atoms with Crippen LogP contribution >= 0.6 is 0 Å². The van der Waals surface area contributed by atoms with E-state index in [1.54, 1.807) is 0 Å². The molecule has 0 bridgehead atoms. The molecule has 0 saturated heterocycles. The van der Waals surface area contributed by atoms with Gasteiger partial charge >= 0.3 is 5.97 Å². The number of nitrogens with zero attached hydrogens (tertiary/aromatic N) is 1. The molecule has 128 valence electrons. The van der Waals surface area contributed by atoms with Crippen LogP contribution < -0.4 is 0 Å². The molecule has 0 radical (unpaired) electrons. The first kappa shape index (κ1) is 17.9. The van der Waals surface area contributed by atoms with Gasteiger partial charge in [-0.1, -0.05) is 32.0 Å². The number of ketones is 1. The molecule has 0 amide bonds. The van der Waals surface area contributed by atoms with E-state index in [2.05, 4.69) is 9.73 Å². The Hall–Kier alpha value is -2.43. The third kappa shape index (κ3) is 4.54. The number of hydrogen-bond acceptors (Lipinski definition) is 5. The predicted molar refractivity (Wildman–Crippen MR) is 92.5 cm³/mol. The van der Waals surface area contributed by atoms with Gasteiger partial charge in [0.05, 0.1) is 30.5 Å². The molecule has 24 heavy (non-hydrogen) atoms. The van der Waals surface area contributed by atoms with Crippen molar-refractivity contribution in [1.82, 2.24) is 0 Å². The van der Waals surface area contributed by atoms with Crippen molar-refractivity contribution in [3.05, 3.63) is 41.7 Å². The second kappa shape index (κ2) is 7.43. The standard InChI is InChI=1S/C19H23NO4/c1-19(2)11-14(20-13-7-5-4-6-8-13)18(16(22)12-19)15(21)9-10-17(23)24-3/h4-8,21H,9-12H2,1-3H3. The first-order valence-corrected chi connectivity index (χ1v) is 7.97. The highest BCUT2D eigenvalue weighted by molar-refractivity contribution is 6.25. The number of esters is 1. The van der Waals surface area contributed by atoms with Crippen LogP contribution in [0.2, 0.25) is 0 Å². The van der Waals surface area contributed by atoms with E-state index in [1.807, 2.05) is 44.2 Å². The lowest BCUT2D eigenvalue weighted by atomic mass is 9.73. The van der Waals surface area contributed by atoms with Crippen LogP contribution in [0.3, 0.4) is 0 Å². The van der Waals surface area contributed by atoms with Gasteiger partial charge in [0.1, 0.15) is 5.76 Å². The number of allylic oxidation sites excluding steroid dienone is 2. The fraction of sp³-hybridized carbons (Fsp3) is 0.421. The number of carbonyl (C=O) groups excluding carboxylic acids is 2. The van der Waals surface area contributed by atoms with Gasteiger partial charge in [0.2, 0.25) is 0 Å². The number of ether oxygens (including phenoxy) is 1. The highest BCUT2D eigenvalue weighted by Crippen LogP contribution is 2.36. The summed E-state index contributed by atoms with van der Waals surface area (Å²) in [5.74, 6) is -0.647. The molecule has 1 aromatic rings. The van der Waals surface area contributed by atoms with Crippen molar-refractivity contribution in [2.24, 2.45) is 10.4 Å². The molecule has 1 fully saturated rings. The molecule has 1 aliphatic rings. The summed E-state index contributed by atoms with van der Waals surface area (Å²) in [7, 11) is 1.29. The van der Waals surface area contributed by atoms with Crippen LogP contribution in [0.1, 0.15) is 39.5 Å². The number of hydrogen-bond donors (Lipinski definition) is 1. The molecule has 0 spiro atoms. The number of carbonyl (C=O) groups is 2. The molecule has 0 aliphatic heterocycles. The maximum atomic E-state index is 12.6. The predicted octanol–water partition coefficient (Wildman–Crippen LogP) is 3.91. The van der Waals surface area contributed by atoms with Gasteiger partial charge in [0, 0.05) is 12.8 Å². The summed E-state index contributed by atoms with van der Waals surface area (Å²) in [6, 6.07) is 9.33. The minimum absolute atomic E-state index is 0.0289. The van der Waals surface area contributed by atoms with Crippen molar-refractivity contribution in [2.45, 2.75) is 39.5 Å². The maximum Gasteiger partial charge on any atom is 0.305 e. The molecular weight excluding hydrogens is 306 g/mol. The van der Waals surface area contributed by atoms with Gasteiger partial charge in [-0.2, -0.15) is 0 Å². The SMILES string of the molecule is COC(=O)CCC(O)=C1C(=O)CC(C)(C)CC1=Nc1ccccc1. The highest BCUT2D eigenvalue weighted by atomic mass is 16.5. The third-order valence-electron chi connectivity index (χ3n) is 3.95. The van der Waals surface area contributed by atoms with Crippen molar-refractivity contribution in [3.8, 4) is 0 Å². The van der Waals surface area contributed by atoms with Gasteiger partial charge in [0.15, 0.2) is 5.78 Å². The van der Waals surface area contributed by atoms with Crippen molar-refractivity contribution >= 4 is 23.2 Å². The first-order valence-electron chi connectivity index (χ1n) is 7.97. The Labute approximate surface area is 142 Å². The summed E-state index contributed by atoms with van der Waals surface area (Å²) in [4.78, 5) is 28.4. The van der Waals surface area contributed by atoms with Gasteiger partial charge in [-0.15, -0.1) is 0 Å². The third-order valence-corrected chi connectivity index (χ3v) is 3.95. The molecule has 1 aliphatic carbocycles. The lowest BCUT2D eigenvalue weighted by Crippen LogP contribution is -2.32. The van der Waals surface area contributed by atoms with E-state index in [0.717, 1.165) is 5.69 Å². The molecule has 5 heteroatoms. The van der Waals surface area contributed by atoms with Crippen LogP contribution in [0.5, 0.6) is 0 Å². The van der Waals surface area contributed by atoms with E-state index in [1.165, 1.54) is 7.11 Å². The van der Waals surface area contributed by atoms with Crippen LogP contribution in [0.4, 0.5) is 5.69 Å². The van der Waals surface area contributed by atoms with E-state index in [4.69, 9.17) is 0 Å². The summed E-state index contributed by atoms with van der Waals surface area (Å²) >= 11 is 0. The summed E-state index contributed by atoms with van der Waals surface area (Å²) in [6.45, 7) is 4.02. The molecule has 5 nitrogen and oxygen atoms in total. The second-order valence-electron chi connectivity index (χ2n) is 6.73. The Morgan fingerprint density at radius 1 is 1.21 bits per heavy atom. The Kier molecular flexibility index (Phi) is 5.54. The summed E-state index contributed by atoms with van der Waals surface area (Å²) in [5.41, 5.74) is 1.35. The van der Waals surface area contributed by atoms with E-state index >= 15 is 0 Å². The lowest BCUT2D eigenvalue weighted by Gasteiger charge is -2.31. The molecule has 1 saturated carbocycles. The van der Waals surface area contributed by atoms with Gasteiger partial charge in [-0.25, -0.2) is 0 Å². The minimum Gasteiger partial charge on any atom is -0.511 e. The number of aliphatic hydroxyl groups excluding tert-OH is 1.